The van der Waals surface area contributed by atoms with Crippen molar-refractivity contribution in [3.63, 3.8) is 0 Å². The molecule has 0 saturated carbocycles. The summed E-state index contributed by atoms with van der Waals surface area (Å²) in [5, 5.41) is 0. The van der Waals surface area contributed by atoms with Crippen LogP contribution in [0.2, 0.25) is 0 Å². The Morgan fingerprint density at radius 3 is 2.68 bits per heavy atom. The van der Waals surface area contributed by atoms with Gasteiger partial charge in [0.05, 0.1) is 11.4 Å². The zero-order valence-electron chi connectivity index (χ0n) is 16.3. The third kappa shape index (κ3) is 4.27. The number of carbonyl (C=O) groups excluding carboxylic acids is 1. The van der Waals surface area contributed by atoms with Crippen molar-refractivity contribution in [3.05, 3.63) is 53.5 Å². The fourth-order valence-electron chi connectivity index (χ4n) is 3.16. The van der Waals surface area contributed by atoms with Crippen LogP contribution in [-0.4, -0.2) is 38.2 Å². The number of fused-ring (bicyclic) bond motifs is 1. The number of unbranched alkanes of at least 4 members (excludes halogenated alkanes) is 1. The number of nitrogens with one attached hydrogen (secondary N) is 1. The maximum absolute atomic E-state index is 13.0. The van der Waals surface area contributed by atoms with Crippen molar-refractivity contribution in [1.82, 2.24) is 9.62 Å². The number of hydrogen-bond acceptors (Lipinski definition) is 5. The van der Waals surface area contributed by atoms with Gasteiger partial charge in [-0.3, -0.25) is 14.5 Å². The van der Waals surface area contributed by atoms with Gasteiger partial charge in [-0.25, -0.2) is 8.42 Å². The molecule has 3 rings (SSSR count). The number of benzene rings is 1. The summed E-state index contributed by atoms with van der Waals surface area (Å²) in [6, 6.07) is 9.69. The van der Waals surface area contributed by atoms with Crippen molar-refractivity contribution in [3.8, 4) is 0 Å². The standard InChI is InChI=1S/C20H25N3O4S/c1-4-5-9-17(20(24)23(3)13-15-12-11-14(2)27-15)21-19-16-8-6-7-10-18(16)28(25,26)22-19/h6-8,10-12,17H,4-5,9,13H2,1-3H3,(H,21,22). The lowest BCUT2D eigenvalue weighted by Gasteiger charge is -2.21. The Balaban J connectivity index is 1.86. The zero-order chi connectivity index (χ0) is 20.3. The second-order valence-electron chi connectivity index (χ2n) is 6.94. The molecule has 1 unspecified atom stereocenters. The molecule has 0 radical (unpaired) electrons. The first-order chi connectivity index (χ1) is 13.3. The van der Waals surface area contributed by atoms with E-state index >= 15 is 0 Å². The zero-order valence-corrected chi connectivity index (χ0v) is 17.1. The fourth-order valence-corrected chi connectivity index (χ4v) is 4.40. The van der Waals surface area contributed by atoms with Crippen molar-refractivity contribution in [2.45, 2.75) is 50.6 Å². The normalized spacial score (nSPS) is 17.2. The van der Waals surface area contributed by atoms with Crippen LogP contribution in [0.4, 0.5) is 0 Å². The molecule has 1 aromatic heterocycles. The molecule has 1 atom stereocenters. The van der Waals surface area contributed by atoms with Gasteiger partial charge in [-0.1, -0.05) is 31.9 Å². The Bertz CT molecular complexity index is 994. The summed E-state index contributed by atoms with van der Waals surface area (Å²) in [7, 11) is -1.93. The molecule has 1 aliphatic rings. The van der Waals surface area contributed by atoms with Crippen LogP contribution in [0.15, 0.2) is 50.7 Å². The quantitative estimate of drug-likeness (QED) is 0.769. The largest absolute Gasteiger partial charge is 0.464 e. The number of carbonyl (C=O) groups is 1. The highest BCUT2D eigenvalue weighted by atomic mass is 32.2. The third-order valence-electron chi connectivity index (χ3n) is 4.63. The average Bonchev–Trinajstić information content (AvgIpc) is 3.18. The summed E-state index contributed by atoms with van der Waals surface area (Å²) >= 11 is 0. The van der Waals surface area contributed by atoms with E-state index in [1.165, 1.54) is 6.07 Å². The summed E-state index contributed by atoms with van der Waals surface area (Å²) in [6.07, 6.45) is 2.28. The van der Waals surface area contributed by atoms with Crippen LogP contribution in [0.25, 0.3) is 0 Å². The van der Waals surface area contributed by atoms with Crippen LogP contribution in [0.5, 0.6) is 0 Å². The molecule has 2 aromatic rings. The summed E-state index contributed by atoms with van der Waals surface area (Å²) < 4.78 is 32.6. The first kappa shape index (κ1) is 20.1. The van der Waals surface area contributed by atoms with Crippen LogP contribution in [0.3, 0.4) is 0 Å². The van der Waals surface area contributed by atoms with Crippen molar-refractivity contribution >= 4 is 21.8 Å². The van der Waals surface area contributed by atoms with Crippen molar-refractivity contribution < 1.29 is 17.6 Å². The highest BCUT2D eigenvalue weighted by Crippen LogP contribution is 2.23. The van der Waals surface area contributed by atoms with Crippen LogP contribution in [0.1, 0.15) is 43.3 Å². The molecule has 0 aliphatic carbocycles. The van der Waals surface area contributed by atoms with Crippen molar-refractivity contribution in [1.29, 1.82) is 0 Å². The lowest BCUT2D eigenvalue weighted by atomic mass is 10.1. The van der Waals surface area contributed by atoms with Crippen LogP contribution >= 0.6 is 0 Å². The fraction of sp³-hybridized carbons (Fsp3) is 0.400. The predicted molar refractivity (Wildman–Crippen MR) is 107 cm³/mol. The van der Waals surface area contributed by atoms with E-state index in [-0.39, 0.29) is 16.6 Å². The molecule has 8 heteroatoms. The number of nitrogens with zero attached hydrogens (tertiary/aromatic N) is 2. The molecule has 1 N–H and O–H groups in total. The van der Waals surface area contributed by atoms with Gasteiger partial charge in [-0.2, -0.15) is 0 Å². The minimum atomic E-state index is -3.63. The minimum absolute atomic E-state index is 0.168. The molecule has 7 nitrogen and oxygen atoms in total. The highest BCUT2D eigenvalue weighted by molar-refractivity contribution is 7.90. The predicted octanol–water partition coefficient (Wildman–Crippen LogP) is 2.84. The Morgan fingerprint density at radius 2 is 2.00 bits per heavy atom. The van der Waals surface area contributed by atoms with E-state index in [1.807, 2.05) is 26.0 Å². The molecule has 0 spiro atoms. The van der Waals surface area contributed by atoms with E-state index in [0.717, 1.165) is 18.6 Å². The van der Waals surface area contributed by atoms with Crippen molar-refractivity contribution in [2.24, 2.45) is 4.99 Å². The number of aryl methyl sites for hydroxylation is 1. The number of aliphatic imine (C=N–C) groups is 1. The van der Waals surface area contributed by atoms with Crippen LogP contribution < -0.4 is 4.72 Å². The Hall–Kier alpha value is -2.61. The van der Waals surface area contributed by atoms with Gasteiger partial charge in [0.15, 0.2) is 0 Å². The molecule has 0 bridgehead atoms. The van der Waals surface area contributed by atoms with E-state index < -0.39 is 16.1 Å². The topological polar surface area (TPSA) is 92.0 Å². The molecule has 2 heterocycles. The van der Waals surface area contributed by atoms with Gasteiger partial charge in [-0.05, 0) is 37.6 Å². The second kappa shape index (κ2) is 8.18. The molecule has 28 heavy (non-hydrogen) atoms. The van der Waals surface area contributed by atoms with Gasteiger partial charge >= 0.3 is 0 Å². The van der Waals surface area contributed by atoms with E-state index in [4.69, 9.17) is 4.42 Å². The third-order valence-corrected chi connectivity index (χ3v) is 6.03. The molecule has 1 aromatic carbocycles. The summed E-state index contributed by atoms with van der Waals surface area (Å²) in [5.41, 5.74) is 0.501. The summed E-state index contributed by atoms with van der Waals surface area (Å²) in [4.78, 5) is 19.3. The minimum Gasteiger partial charge on any atom is -0.464 e. The van der Waals surface area contributed by atoms with Gasteiger partial charge in [0.1, 0.15) is 23.4 Å². The van der Waals surface area contributed by atoms with E-state index in [2.05, 4.69) is 9.71 Å². The Labute approximate surface area is 165 Å². The average molecular weight is 404 g/mol. The maximum atomic E-state index is 13.0. The van der Waals surface area contributed by atoms with E-state index in [9.17, 15) is 13.2 Å². The second-order valence-corrected chi connectivity index (χ2v) is 8.59. The SMILES string of the molecule is CCCCC(N=C1NS(=O)(=O)c2ccccc21)C(=O)N(C)Cc1ccc(C)o1. The summed E-state index contributed by atoms with van der Waals surface area (Å²) in [5.74, 6) is 1.55. The molecular formula is C20H25N3O4S. The van der Waals surface area contributed by atoms with Crippen molar-refractivity contribution in [2.75, 3.05) is 7.05 Å². The Kier molecular flexibility index (Phi) is 5.88. The number of rotatable bonds is 7. The van der Waals surface area contributed by atoms with E-state index in [1.54, 1.807) is 30.1 Å². The molecule has 0 saturated heterocycles. The first-order valence-electron chi connectivity index (χ1n) is 9.32. The van der Waals surface area contributed by atoms with Gasteiger partial charge in [0, 0.05) is 12.6 Å². The number of amidine groups is 1. The van der Waals surface area contributed by atoms with Gasteiger partial charge in [0.25, 0.3) is 10.0 Å². The molecule has 1 aliphatic heterocycles. The Morgan fingerprint density at radius 1 is 1.25 bits per heavy atom. The highest BCUT2D eigenvalue weighted by Gasteiger charge is 2.32. The number of hydrogen-bond donors (Lipinski definition) is 1. The van der Waals surface area contributed by atoms with Crippen LogP contribution in [-0.2, 0) is 21.4 Å². The maximum Gasteiger partial charge on any atom is 0.263 e. The monoisotopic (exact) mass is 403 g/mol. The first-order valence-corrected chi connectivity index (χ1v) is 10.8. The number of sulfonamides is 1. The number of amides is 1. The molecular weight excluding hydrogens is 378 g/mol. The lowest BCUT2D eigenvalue weighted by molar-refractivity contribution is -0.132. The van der Waals surface area contributed by atoms with E-state index in [0.29, 0.717) is 24.3 Å². The molecule has 150 valence electrons. The smallest absolute Gasteiger partial charge is 0.263 e. The lowest BCUT2D eigenvalue weighted by Crippen LogP contribution is -2.36. The molecule has 0 fully saturated rings. The number of likely N-dealkylation sites (N-methyl/N-ethyl adjacent to an activating group) is 1. The molecule has 1 amide bonds. The van der Waals surface area contributed by atoms with Crippen LogP contribution in [0, 0.1) is 6.92 Å². The number of furan rings is 1. The van der Waals surface area contributed by atoms with Gasteiger partial charge in [-0.15, -0.1) is 0 Å². The van der Waals surface area contributed by atoms with Gasteiger partial charge in [0.2, 0.25) is 5.91 Å². The van der Waals surface area contributed by atoms with Gasteiger partial charge < -0.3 is 9.32 Å². The summed E-state index contributed by atoms with van der Waals surface area (Å²) in [6.45, 7) is 4.23.